The molecular formula is C25H32F3N3O2S. The van der Waals surface area contributed by atoms with E-state index in [0.717, 1.165) is 42.7 Å². The van der Waals surface area contributed by atoms with Crippen molar-refractivity contribution in [3.05, 3.63) is 59.7 Å². The minimum atomic E-state index is -4.37. The third-order valence-corrected chi connectivity index (χ3v) is 6.54. The van der Waals surface area contributed by atoms with E-state index >= 15 is 0 Å². The van der Waals surface area contributed by atoms with Crippen LogP contribution in [0.3, 0.4) is 0 Å². The fourth-order valence-electron chi connectivity index (χ4n) is 3.31. The molecule has 34 heavy (non-hydrogen) atoms. The second-order valence-corrected chi connectivity index (χ2v) is 9.05. The van der Waals surface area contributed by atoms with Crippen LogP contribution in [0.5, 0.6) is 0 Å². The van der Waals surface area contributed by atoms with Crippen LogP contribution in [0.4, 0.5) is 18.3 Å². The predicted molar refractivity (Wildman–Crippen MR) is 134 cm³/mol. The normalized spacial score (nSPS) is 14.0. The standard InChI is InChI=1S/C25H32F3N3O2S/c1-6-20(14-18(3)10-12-33-13-11-32)17-31(7-2)16-19(4)30(5)24-29-22-9-8-21(25(26,27)28)15-23(22)34-24/h6,8-11,14-15,19H,1,7,12-13,16-17H2,2-5H3/b18-10-,20-14+/t19-/m0/s1. The summed E-state index contributed by atoms with van der Waals surface area (Å²) in [6, 6.07) is 3.74. The largest absolute Gasteiger partial charge is 0.416 e. The van der Waals surface area contributed by atoms with E-state index in [1.54, 1.807) is 0 Å². The van der Waals surface area contributed by atoms with Gasteiger partial charge in [0.05, 0.1) is 22.4 Å². The number of alkyl halides is 3. The van der Waals surface area contributed by atoms with Gasteiger partial charge in [-0.1, -0.05) is 48.6 Å². The highest BCUT2D eigenvalue weighted by Gasteiger charge is 2.31. The summed E-state index contributed by atoms with van der Waals surface area (Å²) in [5.74, 6) is 0. The number of aldehydes is 1. The Balaban J connectivity index is 2.06. The van der Waals surface area contributed by atoms with Crippen molar-refractivity contribution in [1.29, 1.82) is 0 Å². The molecule has 0 spiro atoms. The first-order valence-corrected chi connectivity index (χ1v) is 11.8. The number of halogens is 3. The maximum Gasteiger partial charge on any atom is 0.416 e. The van der Waals surface area contributed by atoms with Crippen LogP contribution in [0, 0.1) is 0 Å². The summed E-state index contributed by atoms with van der Waals surface area (Å²) in [7, 11) is 1.91. The number of nitrogens with zero attached hydrogens (tertiary/aromatic N) is 3. The molecule has 0 aliphatic rings. The molecule has 0 saturated carbocycles. The van der Waals surface area contributed by atoms with Crippen LogP contribution >= 0.6 is 11.3 Å². The van der Waals surface area contributed by atoms with E-state index in [9.17, 15) is 18.0 Å². The molecule has 0 aliphatic heterocycles. The Bertz CT molecular complexity index is 1030. The molecule has 2 rings (SSSR count). The van der Waals surface area contributed by atoms with Crippen molar-refractivity contribution in [3.8, 4) is 0 Å². The Kier molecular flexibility index (Phi) is 10.5. The molecule has 0 N–H and O–H groups in total. The van der Waals surface area contributed by atoms with Gasteiger partial charge >= 0.3 is 6.18 Å². The van der Waals surface area contributed by atoms with Gasteiger partial charge in [0.1, 0.15) is 12.9 Å². The number of carbonyl (C=O) groups is 1. The lowest BCUT2D eigenvalue weighted by molar-refractivity contribution is -0.137. The first-order chi connectivity index (χ1) is 16.1. The first kappa shape index (κ1) is 27.8. The van der Waals surface area contributed by atoms with Gasteiger partial charge in [0.15, 0.2) is 5.13 Å². The van der Waals surface area contributed by atoms with Crippen LogP contribution in [-0.2, 0) is 15.7 Å². The zero-order valence-corrected chi connectivity index (χ0v) is 20.9. The highest BCUT2D eigenvalue weighted by atomic mass is 32.1. The number of anilines is 1. The van der Waals surface area contributed by atoms with Gasteiger partial charge in [0.2, 0.25) is 0 Å². The molecule has 0 bridgehead atoms. The third-order valence-electron chi connectivity index (χ3n) is 5.43. The average molecular weight is 496 g/mol. The lowest BCUT2D eigenvalue weighted by Gasteiger charge is -2.30. The average Bonchev–Trinajstić information content (AvgIpc) is 3.23. The maximum atomic E-state index is 13.0. The molecule has 2 aromatic rings. The van der Waals surface area contributed by atoms with Crippen LogP contribution in [-0.4, -0.2) is 62.1 Å². The summed E-state index contributed by atoms with van der Waals surface area (Å²) >= 11 is 1.26. The minimum Gasteiger partial charge on any atom is -0.370 e. The van der Waals surface area contributed by atoms with Gasteiger partial charge in [-0.25, -0.2) is 4.98 Å². The number of aromatic nitrogens is 1. The van der Waals surface area contributed by atoms with E-state index in [2.05, 4.69) is 30.3 Å². The van der Waals surface area contributed by atoms with Crippen molar-refractivity contribution in [1.82, 2.24) is 9.88 Å². The lowest BCUT2D eigenvalue weighted by Crippen LogP contribution is -2.41. The maximum absolute atomic E-state index is 13.0. The van der Waals surface area contributed by atoms with Crippen molar-refractivity contribution < 1.29 is 22.7 Å². The molecule has 0 amide bonds. The molecule has 0 radical (unpaired) electrons. The highest BCUT2D eigenvalue weighted by Crippen LogP contribution is 2.35. The molecule has 0 aliphatic carbocycles. The molecule has 9 heteroatoms. The van der Waals surface area contributed by atoms with E-state index in [1.165, 1.54) is 17.4 Å². The summed E-state index contributed by atoms with van der Waals surface area (Å²) in [5, 5.41) is 0.687. The predicted octanol–water partition coefficient (Wildman–Crippen LogP) is 5.74. The zero-order valence-electron chi connectivity index (χ0n) is 20.1. The second kappa shape index (κ2) is 12.8. The van der Waals surface area contributed by atoms with Gasteiger partial charge in [-0.3, -0.25) is 4.90 Å². The number of thiazole rings is 1. The van der Waals surface area contributed by atoms with Crippen molar-refractivity contribution in [3.63, 3.8) is 0 Å². The SMILES string of the molecule is C=C/C(=C\C(C)=C/COCC=O)CN(CC)C[C@H](C)N(C)c1nc2ccc(C(F)(F)F)cc2s1. The van der Waals surface area contributed by atoms with E-state index in [-0.39, 0.29) is 12.6 Å². The minimum absolute atomic E-state index is 0.0784. The molecule has 1 aromatic carbocycles. The molecule has 1 atom stereocenters. The molecular weight excluding hydrogens is 463 g/mol. The van der Waals surface area contributed by atoms with Gasteiger partial charge in [0.25, 0.3) is 0 Å². The van der Waals surface area contributed by atoms with Crippen LogP contribution in [0.25, 0.3) is 10.2 Å². The Labute approximate surface area is 203 Å². The molecule has 5 nitrogen and oxygen atoms in total. The number of rotatable bonds is 13. The Morgan fingerprint density at radius 1 is 1.32 bits per heavy atom. The number of likely N-dealkylation sites (N-methyl/N-ethyl adjacent to an activating group) is 2. The molecule has 1 aromatic heterocycles. The van der Waals surface area contributed by atoms with Crippen LogP contribution < -0.4 is 4.90 Å². The number of allylic oxidation sites excluding steroid dienone is 2. The smallest absolute Gasteiger partial charge is 0.370 e. The molecule has 0 fully saturated rings. The summed E-state index contributed by atoms with van der Waals surface area (Å²) < 4.78 is 44.8. The van der Waals surface area contributed by atoms with Gasteiger partial charge in [0, 0.05) is 26.2 Å². The Morgan fingerprint density at radius 2 is 2.06 bits per heavy atom. The van der Waals surface area contributed by atoms with Gasteiger partial charge < -0.3 is 14.4 Å². The van der Waals surface area contributed by atoms with E-state index < -0.39 is 11.7 Å². The van der Waals surface area contributed by atoms with Crippen molar-refractivity contribution in [2.45, 2.75) is 33.0 Å². The van der Waals surface area contributed by atoms with E-state index in [4.69, 9.17) is 4.74 Å². The van der Waals surface area contributed by atoms with E-state index in [0.29, 0.717) is 28.5 Å². The van der Waals surface area contributed by atoms with Gasteiger partial charge in [-0.2, -0.15) is 13.2 Å². The van der Waals surface area contributed by atoms with Crippen LogP contribution in [0.15, 0.2) is 54.2 Å². The Hall–Kier alpha value is -2.49. The Morgan fingerprint density at radius 3 is 2.68 bits per heavy atom. The van der Waals surface area contributed by atoms with Crippen molar-refractivity contribution in [2.24, 2.45) is 0 Å². The highest BCUT2D eigenvalue weighted by molar-refractivity contribution is 7.22. The van der Waals surface area contributed by atoms with Crippen LogP contribution in [0.2, 0.25) is 0 Å². The third kappa shape index (κ3) is 8.07. The molecule has 0 saturated heterocycles. The van der Waals surface area contributed by atoms with Gasteiger partial charge in [-0.05, 0) is 44.2 Å². The summed E-state index contributed by atoms with van der Waals surface area (Å²) in [5.41, 5.74) is 1.98. The molecule has 0 unspecified atom stereocenters. The lowest BCUT2D eigenvalue weighted by atomic mass is 10.1. The summed E-state index contributed by atoms with van der Waals surface area (Å²) in [6.45, 7) is 12.8. The summed E-state index contributed by atoms with van der Waals surface area (Å²) in [4.78, 5) is 19.1. The first-order valence-electron chi connectivity index (χ1n) is 11.0. The topological polar surface area (TPSA) is 45.7 Å². The van der Waals surface area contributed by atoms with Crippen molar-refractivity contribution in [2.75, 3.05) is 44.8 Å². The molecule has 186 valence electrons. The number of benzene rings is 1. The second-order valence-electron chi connectivity index (χ2n) is 8.04. The fraction of sp³-hybridized carbons (Fsp3) is 0.440. The quantitative estimate of drug-likeness (QED) is 0.202. The zero-order chi connectivity index (χ0) is 25.3. The number of fused-ring (bicyclic) bond motifs is 1. The van der Waals surface area contributed by atoms with Crippen LogP contribution in [0.1, 0.15) is 26.3 Å². The number of ether oxygens (including phenoxy) is 1. The number of hydrogen-bond donors (Lipinski definition) is 0. The van der Waals surface area contributed by atoms with Crippen molar-refractivity contribution >= 4 is 33.0 Å². The molecule has 1 heterocycles. The van der Waals surface area contributed by atoms with Gasteiger partial charge in [-0.15, -0.1) is 0 Å². The fourth-order valence-corrected chi connectivity index (χ4v) is 4.38. The monoisotopic (exact) mass is 495 g/mol. The van der Waals surface area contributed by atoms with E-state index in [1.807, 2.05) is 37.1 Å². The number of hydrogen-bond acceptors (Lipinski definition) is 6. The summed E-state index contributed by atoms with van der Waals surface area (Å²) in [6.07, 6.45) is 2.13. The number of carbonyl (C=O) groups excluding carboxylic acids is 1.